The van der Waals surface area contributed by atoms with Crippen LogP contribution in [-0.2, 0) is 9.59 Å². The molecule has 6 heteroatoms. The zero-order valence-electron chi connectivity index (χ0n) is 14.6. The van der Waals surface area contributed by atoms with E-state index in [1.165, 1.54) is 16.2 Å². The zero-order chi connectivity index (χ0) is 17.3. The van der Waals surface area contributed by atoms with Gasteiger partial charge in [-0.25, -0.2) is 0 Å². The molecule has 0 aliphatic carbocycles. The van der Waals surface area contributed by atoms with E-state index in [-0.39, 0.29) is 11.8 Å². The van der Waals surface area contributed by atoms with Crippen LogP contribution in [0.2, 0.25) is 0 Å². The van der Waals surface area contributed by atoms with Crippen LogP contribution >= 0.6 is 11.3 Å². The van der Waals surface area contributed by atoms with Gasteiger partial charge in [-0.05, 0) is 50.8 Å². The summed E-state index contributed by atoms with van der Waals surface area (Å²) in [6.45, 7) is 4.52. The van der Waals surface area contributed by atoms with Crippen LogP contribution in [0, 0.1) is 0 Å². The van der Waals surface area contributed by atoms with Gasteiger partial charge in [-0.1, -0.05) is 13.0 Å². The van der Waals surface area contributed by atoms with Crippen LogP contribution in [0.4, 0.5) is 0 Å². The second-order valence-electron chi connectivity index (χ2n) is 6.61. The number of hydrogen-bond acceptors (Lipinski definition) is 5. The van der Waals surface area contributed by atoms with Crippen molar-refractivity contribution in [3.8, 4) is 0 Å². The first-order valence-electron chi connectivity index (χ1n) is 8.60. The molecule has 130 valence electrons. The molecule has 0 saturated carbocycles. The van der Waals surface area contributed by atoms with Crippen molar-refractivity contribution >= 4 is 28.7 Å². The van der Waals surface area contributed by atoms with Crippen LogP contribution in [0.3, 0.4) is 0 Å². The van der Waals surface area contributed by atoms with E-state index in [2.05, 4.69) is 16.8 Å². The van der Waals surface area contributed by atoms with Gasteiger partial charge in [-0.3, -0.25) is 14.5 Å². The highest BCUT2D eigenvalue weighted by Gasteiger charge is 2.42. The van der Waals surface area contributed by atoms with Gasteiger partial charge in [-0.2, -0.15) is 0 Å². The molecule has 1 saturated heterocycles. The molecular weight excluding hydrogens is 322 g/mol. The Bertz CT molecular complexity index is 645. The van der Waals surface area contributed by atoms with Gasteiger partial charge in [-0.15, -0.1) is 11.3 Å². The molecule has 5 nitrogen and oxygen atoms in total. The summed E-state index contributed by atoms with van der Waals surface area (Å²) in [6, 6.07) is 4.17. The lowest BCUT2D eigenvalue weighted by Crippen LogP contribution is -2.43. The first-order valence-corrected chi connectivity index (χ1v) is 9.48. The third-order valence-corrected chi connectivity index (χ3v) is 5.83. The molecule has 0 aromatic carbocycles. The van der Waals surface area contributed by atoms with E-state index in [1.807, 2.05) is 31.5 Å². The molecule has 0 bridgehead atoms. The summed E-state index contributed by atoms with van der Waals surface area (Å²) < 4.78 is 0. The van der Waals surface area contributed by atoms with Gasteiger partial charge < -0.3 is 9.80 Å². The molecule has 2 aliphatic rings. The van der Waals surface area contributed by atoms with Gasteiger partial charge >= 0.3 is 0 Å². The largest absolute Gasteiger partial charge is 0.366 e. The molecule has 3 rings (SSSR count). The van der Waals surface area contributed by atoms with E-state index in [9.17, 15) is 9.59 Å². The van der Waals surface area contributed by atoms with Crippen LogP contribution in [0.25, 0.3) is 5.57 Å². The van der Waals surface area contributed by atoms with Crippen molar-refractivity contribution in [3.05, 3.63) is 28.1 Å². The molecule has 0 unspecified atom stereocenters. The Kier molecular flexibility index (Phi) is 5.06. The molecule has 0 atom stereocenters. The Hall–Kier alpha value is -1.66. The molecule has 24 heavy (non-hydrogen) atoms. The maximum Gasteiger partial charge on any atom is 0.277 e. The third-order valence-electron chi connectivity index (χ3n) is 4.95. The van der Waals surface area contributed by atoms with E-state index in [0.717, 1.165) is 37.2 Å². The van der Waals surface area contributed by atoms with Crippen molar-refractivity contribution in [2.75, 3.05) is 33.7 Å². The summed E-state index contributed by atoms with van der Waals surface area (Å²) in [7, 11) is 4.10. The van der Waals surface area contributed by atoms with E-state index >= 15 is 0 Å². The van der Waals surface area contributed by atoms with Crippen molar-refractivity contribution in [1.82, 2.24) is 14.7 Å². The summed E-state index contributed by atoms with van der Waals surface area (Å²) in [4.78, 5) is 32.5. The van der Waals surface area contributed by atoms with Crippen LogP contribution in [-0.4, -0.2) is 66.3 Å². The SMILES string of the molecule is CCCN1C(=O)C(c2cccs2)=C(N(C)C2CCN(C)CC2)C1=O. The summed E-state index contributed by atoms with van der Waals surface area (Å²) in [5.41, 5.74) is 1.18. The summed E-state index contributed by atoms with van der Waals surface area (Å²) >= 11 is 1.52. The average Bonchev–Trinajstić information content (AvgIpc) is 3.17. The highest BCUT2D eigenvalue weighted by molar-refractivity contribution is 7.11. The molecule has 0 radical (unpaired) electrons. The first kappa shape index (κ1) is 17.2. The standard InChI is InChI=1S/C18H25N3O2S/c1-4-9-21-17(22)15(14-6-5-12-24-14)16(18(21)23)20(3)13-7-10-19(2)11-8-13/h5-6,12-13H,4,7-11H2,1-3H3. The molecule has 0 spiro atoms. The third kappa shape index (κ3) is 3.00. The Morgan fingerprint density at radius 1 is 1.25 bits per heavy atom. The molecule has 3 heterocycles. The average molecular weight is 347 g/mol. The molecule has 2 aliphatic heterocycles. The van der Waals surface area contributed by atoms with Crippen LogP contribution in [0.5, 0.6) is 0 Å². The van der Waals surface area contributed by atoms with Crippen LogP contribution < -0.4 is 0 Å². The van der Waals surface area contributed by atoms with Crippen molar-refractivity contribution in [3.63, 3.8) is 0 Å². The van der Waals surface area contributed by atoms with E-state index in [0.29, 0.717) is 23.9 Å². The number of nitrogens with zero attached hydrogens (tertiary/aromatic N) is 3. The number of thiophene rings is 1. The lowest BCUT2D eigenvalue weighted by atomic mass is 10.0. The second-order valence-corrected chi connectivity index (χ2v) is 7.56. The number of likely N-dealkylation sites (tertiary alicyclic amines) is 1. The molecule has 2 amide bonds. The zero-order valence-corrected chi connectivity index (χ0v) is 15.4. The van der Waals surface area contributed by atoms with Gasteiger partial charge in [0.15, 0.2) is 0 Å². The maximum atomic E-state index is 13.0. The van der Waals surface area contributed by atoms with Gasteiger partial charge in [0.1, 0.15) is 5.70 Å². The number of likely N-dealkylation sites (N-methyl/N-ethyl adjacent to an activating group) is 1. The molecule has 1 fully saturated rings. The maximum absolute atomic E-state index is 13.0. The number of carbonyl (C=O) groups is 2. The molecule has 1 aromatic rings. The smallest absolute Gasteiger partial charge is 0.277 e. The summed E-state index contributed by atoms with van der Waals surface area (Å²) in [6.07, 6.45) is 2.81. The molecular formula is C18H25N3O2S. The fraction of sp³-hybridized carbons (Fsp3) is 0.556. The Morgan fingerprint density at radius 2 is 1.96 bits per heavy atom. The normalized spacial score (nSPS) is 20.4. The number of carbonyl (C=O) groups excluding carboxylic acids is 2. The van der Waals surface area contributed by atoms with Crippen molar-refractivity contribution in [2.45, 2.75) is 32.2 Å². The molecule has 1 aromatic heterocycles. The minimum Gasteiger partial charge on any atom is -0.366 e. The fourth-order valence-corrected chi connectivity index (χ4v) is 4.29. The van der Waals surface area contributed by atoms with Gasteiger partial charge in [0, 0.05) is 24.5 Å². The second kappa shape index (κ2) is 7.07. The van der Waals surface area contributed by atoms with Crippen LogP contribution in [0.1, 0.15) is 31.1 Å². The quantitative estimate of drug-likeness (QED) is 0.767. The van der Waals surface area contributed by atoms with Crippen molar-refractivity contribution in [1.29, 1.82) is 0 Å². The number of rotatable bonds is 5. The van der Waals surface area contributed by atoms with E-state index in [4.69, 9.17) is 0 Å². The highest BCUT2D eigenvalue weighted by Crippen LogP contribution is 2.35. The van der Waals surface area contributed by atoms with Gasteiger partial charge in [0.05, 0.1) is 5.57 Å². The topological polar surface area (TPSA) is 43.9 Å². The number of amides is 2. The Labute approximate surface area is 147 Å². The lowest BCUT2D eigenvalue weighted by Gasteiger charge is -2.36. The minimum atomic E-state index is -0.140. The van der Waals surface area contributed by atoms with Gasteiger partial charge in [0.2, 0.25) is 0 Å². The number of piperidine rings is 1. The predicted octanol–water partition coefficient (Wildman–Crippen LogP) is 2.26. The summed E-state index contributed by atoms with van der Waals surface area (Å²) in [5, 5.41) is 1.95. The van der Waals surface area contributed by atoms with E-state index in [1.54, 1.807) is 0 Å². The summed E-state index contributed by atoms with van der Waals surface area (Å²) in [5.74, 6) is -0.272. The molecule has 0 N–H and O–H groups in total. The monoisotopic (exact) mass is 347 g/mol. The fourth-order valence-electron chi connectivity index (χ4n) is 3.52. The highest BCUT2D eigenvalue weighted by atomic mass is 32.1. The van der Waals surface area contributed by atoms with Crippen molar-refractivity contribution in [2.24, 2.45) is 0 Å². The predicted molar refractivity (Wildman–Crippen MR) is 96.5 cm³/mol. The Balaban J connectivity index is 1.96. The number of imide groups is 1. The Morgan fingerprint density at radius 3 is 2.54 bits per heavy atom. The lowest BCUT2D eigenvalue weighted by molar-refractivity contribution is -0.137. The van der Waals surface area contributed by atoms with Crippen molar-refractivity contribution < 1.29 is 9.59 Å². The van der Waals surface area contributed by atoms with E-state index < -0.39 is 0 Å². The first-order chi connectivity index (χ1) is 11.5. The van der Waals surface area contributed by atoms with Gasteiger partial charge in [0.25, 0.3) is 11.8 Å². The number of hydrogen-bond donors (Lipinski definition) is 0. The van der Waals surface area contributed by atoms with Crippen LogP contribution in [0.15, 0.2) is 23.2 Å². The minimum absolute atomic E-state index is 0.133.